The standard InChI is InChI=1S/C14H17ClN4OS/c1-8(2)12-17-11-3-4-19(7-10(11)13(20)18-12)6-9-5-16-14(15)21-9/h5,8H,3-4,6-7H2,1-2H3,(H,17,18,20). The second kappa shape index (κ2) is 5.87. The first-order chi connectivity index (χ1) is 10.0. The Hall–Kier alpha value is -1.24. The van der Waals surface area contributed by atoms with Crippen LogP contribution < -0.4 is 5.56 Å². The van der Waals surface area contributed by atoms with Gasteiger partial charge in [-0.15, -0.1) is 11.3 Å². The monoisotopic (exact) mass is 324 g/mol. The molecule has 3 rings (SSSR count). The summed E-state index contributed by atoms with van der Waals surface area (Å²) in [5, 5.41) is 0. The molecule has 0 bridgehead atoms. The van der Waals surface area contributed by atoms with E-state index in [1.807, 2.05) is 13.8 Å². The van der Waals surface area contributed by atoms with Gasteiger partial charge >= 0.3 is 0 Å². The lowest BCUT2D eigenvalue weighted by Gasteiger charge is -2.27. The Morgan fingerprint density at radius 1 is 1.52 bits per heavy atom. The van der Waals surface area contributed by atoms with Gasteiger partial charge in [0.25, 0.3) is 5.56 Å². The van der Waals surface area contributed by atoms with Crippen molar-refractivity contribution in [2.45, 2.75) is 39.3 Å². The zero-order chi connectivity index (χ0) is 15.0. The van der Waals surface area contributed by atoms with Crippen LogP contribution in [0, 0.1) is 0 Å². The van der Waals surface area contributed by atoms with Crippen LogP contribution in [0.25, 0.3) is 0 Å². The second-order valence-corrected chi connectivity index (χ2v) is 7.27. The number of aromatic amines is 1. The van der Waals surface area contributed by atoms with Gasteiger partial charge in [-0.3, -0.25) is 9.69 Å². The second-order valence-electron chi connectivity index (χ2n) is 5.57. The van der Waals surface area contributed by atoms with Crippen molar-refractivity contribution in [2.24, 2.45) is 0 Å². The number of nitrogens with one attached hydrogen (secondary N) is 1. The molecule has 21 heavy (non-hydrogen) atoms. The van der Waals surface area contributed by atoms with Gasteiger partial charge in [0.1, 0.15) is 5.82 Å². The van der Waals surface area contributed by atoms with Crippen molar-refractivity contribution in [2.75, 3.05) is 6.54 Å². The summed E-state index contributed by atoms with van der Waals surface area (Å²) in [5.74, 6) is 1.02. The van der Waals surface area contributed by atoms with Crippen LogP contribution in [0.5, 0.6) is 0 Å². The third kappa shape index (κ3) is 3.17. The Labute approximate surface area is 132 Å². The van der Waals surface area contributed by atoms with E-state index in [9.17, 15) is 4.79 Å². The van der Waals surface area contributed by atoms with Crippen LogP contribution in [0.2, 0.25) is 4.47 Å². The Kier molecular flexibility index (Phi) is 4.10. The summed E-state index contributed by atoms with van der Waals surface area (Å²) in [7, 11) is 0. The smallest absolute Gasteiger partial charge is 0.255 e. The molecule has 3 heterocycles. The molecule has 2 aromatic heterocycles. The van der Waals surface area contributed by atoms with Crippen molar-refractivity contribution >= 4 is 22.9 Å². The van der Waals surface area contributed by atoms with Crippen molar-refractivity contribution in [3.05, 3.63) is 43.0 Å². The Balaban J connectivity index is 1.81. The lowest BCUT2D eigenvalue weighted by Crippen LogP contribution is -2.35. The van der Waals surface area contributed by atoms with Gasteiger partial charge in [-0.25, -0.2) is 9.97 Å². The molecule has 5 nitrogen and oxygen atoms in total. The van der Waals surface area contributed by atoms with Gasteiger partial charge in [0.2, 0.25) is 0 Å². The first kappa shape index (κ1) is 14.7. The van der Waals surface area contributed by atoms with Crippen molar-refractivity contribution in [3.63, 3.8) is 0 Å². The zero-order valence-electron chi connectivity index (χ0n) is 12.0. The number of fused-ring (bicyclic) bond motifs is 1. The molecule has 0 fully saturated rings. The highest BCUT2D eigenvalue weighted by atomic mass is 35.5. The largest absolute Gasteiger partial charge is 0.310 e. The fourth-order valence-corrected chi connectivity index (χ4v) is 3.51. The summed E-state index contributed by atoms with van der Waals surface area (Å²) in [6, 6.07) is 0. The molecule has 0 radical (unpaired) electrons. The molecule has 1 aliphatic heterocycles. The highest BCUT2D eigenvalue weighted by molar-refractivity contribution is 7.15. The van der Waals surface area contributed by atoms with E-state index in [4.69, 9.17) is 11.6 Å². The predicted molar refractivity (Wildman–Crippen MR) is 83.9 cm³/mol. The third-order valence-corrected chi connectivity index (χ3v) is 4.72. The molecule has 0 saturated heterocycles. The van der Waals surface area contributed by atoms with E-state index in [-0.39, 0.29) is 11.5 Å². The quantitative estimate of drug-likeness (QED) is 0.942. The number of H-pyrrole nitrogens is 1. The lowest BCUT2D eigenvalue weighted by molar-refractivity contribution is 0.243. The SMILES string of the molecule is CC(C)c1nc2c(c(=O)[nH]1)CN(Cc1cnc(Cl)s1)CC2. The molecule has 2 aromatic rings. The minimum Gasteiger partial charge on any atom is -0.310 e. The van der Waals surface area contributed by atoms with Crippen LogP contribution in [-0.4, -0.2) is 26.4 Å². The van der Waals surface area contributed by atoms with Gasteiger partial charge < -0.3 is 4.98 Å². The molecule has 0 aromatic carbocycles. The van der Waals surface area contributed by atoms with Crippen LogP contribution in [0.15, 0.2) is 11.0 Å². The highest BCUT2D eigenvalue weighted by Gasteiger charge is 2.22. The Morgan fingerprint density at radius 2 is 2.33 bits per heavy atom. The Morgan fingerprint density at radius 3 is 3.00 bits per heavy atom. The van der Waals surface area contributed by atoms with E-state index in [0.717, 1.165) is 41.5 Å². The van der Waals surface area contributed by atoms with E-state index in [1.54, 1.807) is 6.20 Å². The summed E-state index contributed by atoms with van der Waals surface area (Å²) < 4.78 is 0.559. The third-order valence-electron chi connectivity index (χ3n) is 3.62. The first-order valence-electron chi connectivity index (χ1n) is 6.97. The summed E-state index contributed by atoms with van der Waals surface area (Å²) in [4.78, 5) is 27.1. The van der Waals surface area contributed by atoms with E-state index in [1.165, 1.54) is 11.3 Å². The fraction of sp³-hybridized carbons (Fsp3) is 0.500. The summed E-state index contributed by atoms with van der Waals surface area (Å²) in [5.41, 5.74) is 1.73. The average molecular weight is 325 g/mol. The summed E-state index contributed by atoms with van der Waals surface area (Å²) in [6.45, 7) is 6.37. The van der Waals surface area contributed by atoms with Crippen LogP contribution in [0.1, 0.15) is 41.7 Å². The van der Waals surface area contributed by atoms with E-state index in [0.29, 0.717) is 11.0 Å². The Bertz CT molecular complexity index is 709. The normalized spacial score (nSPS) is 15.4. The number of rotatable bonds is 3. The fourth-order valence-electron chi connectivity index (χ4n) is 2.49. The molecule has 0 aliphatic carbocycles. The molecule has 1 aliphatic rings. The molecular formula is C14H17ClN4OS. The molecule has 1 N–H and O–H groups in total. The predicted octanol–water partition coefficient (Wildman–Crippen LogP) is 2.56. The van der Waals surface area contributed by atoms with Gasteiger partial charge in [-0.1, -0.05) is 25.4 Å². The van der Waals surface area contributed by atoms with Gasteiger partial charge in [0, 0.05) is 43.0 Å². The van der Waals surface area contributed by atoms with Crippen molar-refractivity contribution in [1.29, 1.82) is 0 Å². The van der Waals surface area contributed by atoms with Gasteiger partial charge in [-0.05, 0) is 0 Å². The molecule has 0 unspecified atom stereocenters. The number of hydrogen-bond donors (Lipinski definition) is 1. The molecule has 0 amide bonds. The molecule has 0 spiro atoms. The average Bonchev–Trinajstić information content (AvgIpc) is 2.84. The summed E-state index contributed by atoms with van der Waals surface area (Å²) in [6.07, 6.45) is 2.61. The molecular weight excluding hydrogens is 308 g/mol. The number of nitrogens with zero attached hydrogens (tertiary/aromatic N) is 3. The number of hydrogen-bond acceptors (Lipinski definition) is 5. The van der Waals surface area contributed by atoms with Crippen molar-refractivity contribution < 1.29 is 0 Å². The maximum absolute atomic E-state index is 12.2. The number of halogens is 1. The molecule has 112 valence electrons. The van der Waals surface area contributed by atoms with Gasteiger partial charge in [-0.2, -0.15) is 0 Å². The van der Waals surface area contributed by atoms with E-state index < -0.39 is 0 Å². The highest BCUT2D eigenvalue weighted by Crippen LogP contribution is 2.22. The first-order valence-corrected chi connectivity index (χ1v) is 8.17. The number of thiazole rings is 1. The topological polar surface area (TPSA) is 61.9 Å². The minimum atomic E-state index is -0.00395. The van der Waals surface area contributed by atoms with Gasteiger partial charge in [0.15, 0.2) is 4.47 Å². The van der Waals surface area contributed by atoms with Crippen molar-refractivity contribution in [1.82, 2.24) is 19.9 Å². The summed E-state index contributed by atoms with van der Waals surface area (Å²) >= 11 is 7.34. The van der Waals surface area contributed by atoms with E-state index in [2.05, 4.69) is 19.9 Å². The minimum absolute atomic E-state index is 0.00395. The van der Waals surface area contributed by atoms with E-state index >= 15 is 0 Å². The molecule has 7 heteroatoms. The van der Waals surface area contributed by atoms with Crippen LogP contribution in [0.3, 0.4) is 0 Å². The maximum atomic E-state index is 12.2. The maximum Gasteiger partial charge on any atom is 0.255 e. The zero-order valence-corrected chi connectivity index (χ0v) is 13.6. The lowest BCUT2D eigenvalue weighted by atomic mass is 10.1. The molecule has 0 saturated carbocycles. The van der Waals surface area contributed by atoms with Crippen LogP contribution in [0.4, 0.5) is 0 Å². The number of aromatic nitrogens is 3. The van der Waals surface area contributed by atoms with Crippen molar-refractivity contribution in [3.8, 4) is 0 Å². The van der Waals surface area contributed by atoms with Crippen LogP contribution >= 0.6 is 22.9 Å². The molecule has 0 atom stereocenters. The van der Waals surface area contributed by atoms with Gasteiger partial charge in [0.05, 0.1) is 11.3 Å². The van der Waals surface area contributed by atoms with Crippen LogP contribution in [-0.2, 0) is 19.5 Å².